The fourth-order valence-corrected chi connectivity index (χ4v) is 1.30. The Morgan fingerprint density at radius 2 is 2.00 bits per heavy atom. The summed E-state index contributed by atoms with van der Waals surface area (Å²) in [5, 5.41) is 8.63. The van der Waals surface area contributed by atoms with Crippen LogP contribution in [0.4, 0.5) is 13.2 Å². The minimum absolute atomic E-state index is 0.0243. The predicted octanol–water partition coefficient (Wildman–Crippen LogP) is 2.34. The zero-order chi connectivity index (χ0) is 12.8. The summed E-state index contributed by atoms with van der Waals surface area (Å²) in [6.45, 7) is 2.03. The fourth-order valence-electron chi connectivity index (χ4n) is 1.30. The normalized spacial score (nSPS) is 13.0. The summed E-state index contributed by atoms with van der Waals surface area (Å²) in [7, 11) is 0. The second-order valence-electron chi connectivity index (χ2n) is 3.46. The van der Waals surface area contributed by atoms with Gasteiger partial charge in [0.15, 0.2) is 0 Å². The summed E-state index contributed by atoms with van der Waals surface area (Å²) < 4.78 is 36.6. The molecule has 0 aliphatic heterocycles. The maximum Gasteiger partial charge on any atom is 0.406 e. The Morgan fingerprint density at radius 3 is 2.31 bits per heavy atom. The number of nitrogens with zero attached hydrogens (tertiary/aromatic N) is 2. The molecule has 0 saturated heterocycles. The van der Waals surface area contributed by atoms with E-state index in [1.54, 1.807) is 19.9 Å². The van der Waals surface area contributed by atoms with E-state index in [1.165, 1.54) is 0 Å². The van der Waals surface area contributed by atoms with Crippen molar-refractivity contribution in [3.05, 3.63) is 0 Å². The Hall–Kier alpha value is -1.25. The summed E-state index contributed by atoms with van der Waals surface area (Å²) >= 11 is 0. The minimum atomic E-state index is -4.42. The van der Waals surface area contributed by atoms with Crippen LogP contribution in [-0.4, -0.2) is 30.1 Å². The molecule has 0 aliphatic rings. The van der Waals surface area contributed by atoms with Gasteiger partial charge in [-0.1, -0.05) is 13.8 Å². The zero-order valence-corrected chi connectivity index (χ0v) is 9.34. The first-order valence-corrected chi connectivity index (χ1v) is 5.10. The molecule has 0 aromatic rings. The lowest BCUT2D eigenvalue weighted by Crippen LogP contribution is -2.42. The summed E-state index contributed by atoms with van der Waals surface area (Å²) in [5.74, 6) is -1.71. The number of carbonyl (C=O) groups excluding carboxylic acids is 1. The zero-order valence-electron chi connectivity index (χ0n) is 9.34. The quantitative estimate of drug-likeness (QED) is 0.735. The second-order valence-corrected chi connectivity index (χ2v) is 3.46. The smallest absolute Gasteiger partial charge is 0.332 e. The maximum atomic E-state index is 12.2. The number of alkyl halides is 3. The van der Waals surface area contributed by atoms with Gasteiger partial charge in [-0.25, -0.2) is 0 Å². The third kappa shape index (κ3) is 5.01. The molecule has 6 heteroatoms. The molecule has 0 spiro atoms. The molecule has 0 N–H and O–H groups in total. The Kier molecular flexibility index (Phi) is 5.86. The first kappa shape index (κ1) is 14.8. The van der Waals surface area contributed by atoms with E-state index in [0.717, 1.165) is 0 Å². The van der Waals surface area contributed by atoms with E-state index in [0.29, 0.717) is 11.3 Å². The largest absolute Gasteiger partial charge is 0.406 e. The number of hydrogen-bond donors (Lipinski definition) is 0. The number of amides is 1. The number of carbonyl (C=O) groups is 1. The average molecular weight is 236 g/mol. The summed E-state index contributed by atoms with van der Waals surface area (Å²) in [6, 6.07) is 1.72. The molecular weight excluding hydrogens is 221 g/mol. The van der Waals surface area contributed by atoms with Gasteiger partial charge in [-0.05, 0) is 12.8 Å². The second kappa shape index (κ2) is 6.36. The van der Waals surface area contributed by atoms with Gasteiger partial charge >= 0.3 is 6.18 Å². The van der Waals surface area contributed by atoms with Crippen molar-refractivity contribution in [1.82, 2.24) is 4.90 Å². The summed E-state index contributed by atoms with van der Waals surface area (Å²) in [5.41, 5.74) is 0. The number of halogens is 3. The molecule has 1 amide bonds. The Balaban J connectivity index is 4.65. The molecule has 0 fully saturated rings. The molecular formula is C10H15F3N2O. The topological polar surface area (TPSA) is 44.1 Å². The molecule has 92 valence electrons. The Morgan fingerprint density at radius 1 is 1.44 bits per heavy atom. The van der Waals surface area contributed by atoms with Crippen molar-refractivity contribution in [1.29, 1.82) is 5.26 Å². The molecule has 0 saturated carbocycles. The standard InChI is InChI=1S/C10H15F3N2O/c1-3-5-15(7-10(11,12)13)9(16)8(4-2)6-14/h8H,3-5,7H2,1-2H3. The van der Waals surface area contributed by atoms with Crippen LogP contribution in [0, 0.1) is 17.2 Å². The highest BCUT2D eigenvalue weighted by Crippen LogP contribution is 2.18. The van der Waals surface area contributed by atoms with Crippen LogP contribution >= 0.6 is 0 Å². The number of hydrogen-bond acceptors (Lipinski definition) is 2. The molecule has 0 aliphatic carbocycles. The van der Waals surface area contributed by atoms with Crippen LogP contribution in [0.15, 0.2) is 0 Å². The highest BCUT2D eigenvalue weighted by Gasteiger charge is 2.34. The number of nitriles is 1. The van der Waals surface area contributed by atoms with Crippen molar-refractivity contribution in [3.8, 4) is 6.07 Å². The van der Waals surface area contributed by atoms with E-state index in [2.05, 4.69) is 0 Å². The van der Waals surface area contributed by atoms with Crippen LogP contribution in [0.25, 0.3) is 0 Å². The van der Waals surface area contributed by atoms with E-state index in [4.69, 9.17) is 5.26 Å². The summed E-state index contributed by atoms with van der Waals surface area (Å²) in [4.78, 5) is 12.3. The molecule has 0 radical (unpaired) electrons. The highest BCUT2D eigenvalue weighted by molar-refractivity contribution is 5.81. The van der Waals surface area contributed by atoms with Crippen LogP contribution in [0.1, 0.15) is 26.7 Å². The Bertz CT molecular complexity index is 270. The van der Waals surface area contributed by atoms with Crippen molar-refractivity contribution in [2.75, 3.05) is 13.1 Å². The molecule has 0 rings (SSSR count). The third-order valence-electron chi connectivity index (χ3n) is 2.04. The van der Waals surface area contributed by atoms with Gasteiger partial charge in [-0.15, -0.1) is 0 Å². The third-order valence-corrected chi connectivity index (χ3v) is 2.04. The first-order valence-electron chi connectivity index (χ1n) is 5.10. The van der Waals surface area contributed by atoms with Crippen LogP contribution < -0.4 is 0 Å². The lowest BCUT2D eigenvalue weighted by atomic mass is 10.1. The molecule has 1 unspecified atom stereocenters. The first-order chi connectivity index (χ1) is 7.35. The van der Waals surface area contributed by atoms with Crippen molar-refractivity contribution >= 4 is 5.91 Å². The SMILES string of the molecule is CCCN(CC(F)(F)F)C(=O)C(C#N)CC. The van der Waals surface area contributed by atoms with E-state index in [-0.39, 0.29) is 13.0 Å². The van der Waals surface area contributed by atoms with Gasteiger partial charge in [0.1, 0.15) is 12.5 Å². The molecule has 3 nitrogen and oxygen atoms in total. The van der Waals surface area contributed by atoms with Crippen LogP contribution in [-0.2, 0) is 4.79 Å². The lowest BCUT2D eigenvalue weighted by Gasteiger charge is -2.25. The van der Waals surface area contributed by atoms with Crippen LogP contribution in [0.2, 0.25) is 0 Å². The monoisotopic (exact) mass is 236 g/mol. The van der Waals surface area contributed by atoms with Gasteiger partial charge in [0, 0.05) is 6.54 Å². The van der Waals surface area contributed by atoms with E-state index in [1.807, 2.05) is 0 Å². The molecule has 0 aromatic carbocycles. The van der Waals surface area contributed by atoms with Gasteiger partial charge in [0.25, 0.3) is 0 Å². The van der Waals surface area contributed by atoms with Crippen molar-refractivity contribution in [2.24, 2.45) is 5.92 Å². The minimum Gasteiger partial charge on any atom is -0.332 e. The van der Waals surface area contributed by atoms with E-state index in [9.17, 15) is 18.0 Å². The number of rotatable bonds is 5. The summed E-state index contributed by atoms with van der Waals surface area (Å²) in [6.07, 6.45) is -3.75. The van der Waals surface area contributed by atoms with Crippen LogP contribution in [0.5, 0.6) is 0 Å². The van der Waals surface area contributed by atoms with E-state index < -0.39 is 24.5 Å². The van der Waals surface area contributed by atoms with Gasteiger partial charge in [0.2, 0.25) is 5.91 Å². The lowest BCUT2D eigenvalue weighted by molar-refractivity contribution is -0.162. The molecule has 0 heterocycles. The van der Waals surface area contributed by atoms with Crippen molar-refractivity contribution < 1.29 is 18.0 Å². The molecule has 0 bridgehead atoms. The molecule has 0 aromatic heterocycles. The van der Waals surface area contributed by atoms with E-state index >= 15 is 0 Å². The Labute approximate surface area is 92.8 Å². The van der Waals surface area contributed by atoms with Gasteiger partial charge in [0.05, 0.1) is 6.07 Å². The maximum absolute atomic E-state index is 12.2. The predicted molar refractivity (Wildman–Crippen MR) is 52.3 cm³/mol. The van der Waals surface area contributed by atoms with Gasteiger partial charge in [-0.3, -0.25) is 4.79 Å². The van der Waals surface area contributed by atoms with Crippen LogP contribution in [0.3, 0.4) is 0 Å². The highest BCUT2D eigenvalue weighted by atomic mass is 19.4. The fraction of sp³-hybridized carbons (Fsp3) is 0.800. The molecule has 1 atom stereocenters. The molecule has 16 heavy (non-hydrogen) atoms. The average Bonchev–Trinajstić information content (AvgIpc) is 2.17. The van der Waals surface area contributed by atoms with Crippen molar-refractivity contribution in [3.63, 3.8) is 0 Å². The van der Waals surface area contributed by atoms with Gasteiger partial charge < -0.3 is 4.90 Å². The van der Waals surface area contributed by atoms with Crippen molar-refractivity contribution in [2.45, 2.75) is 32.9 Å². The van der Waals surface area contributed by atoms with Gasteiger partial charge in [-0.2, -0.15) is 18.4 Å².